The number of hydrogen-bond acceptors (Lipinski definition) is 1. The summed E-state index contributed by atoms with van der Waals surface area (Å²) in [7, 11) is 0. The third-order valence-electron chi connectivity index (χ3n) is 8.98. The van der Waals surface area contributed by atoms with E-state index in [0.29, 0.717) is 5.56 Å². The molecule has 0 spiro atoms. The molecule has 198 valence electrons. The number of benzene rings is 8. The van der Waals surface area contributed by atoms with Crippen LogP contribution >= 0.6 is 0 Å². The lowest BCUT2D eigenvalue weighted by Gasteiger charge is -2.16. The molecule has 0 atom stereocenters. The zero-order valence-corrected chi connectivity index (χ0v) is 23.3. The van der Waals surface area contributed by atoms with E-state index in [1.807, 2.05) is 24.3 Å². The molecule has 43 heavy (non-hydrogen) atoms. The molecule has 1 heterocycles. The van der Waals surface area contributed by atoms with Crippen molar-refractivity contribution >= 4 is 64.9 Å². The number of hydrogen-bond donors (Lipinski definition) is 0. The van der Waals surface area contributed by atoms with Crippen LogP contribution < -0.4 is 0 Å². The Morgan fingerprint density at radius 2 is 0.860 bits per heavy atom. The second-order valence-corrected chi connectivity index (χ2v) is 11.2. The van der Waals surface area contributed by atoms with Crippen LogP contribution in [-0.2, 0) is 0 Å². The highest BCUT2D eigenvalue weighted by molar-refractivity contribution is 6.42. The predicted octanol–water partition coefficient (Wildman–Crippen LogP) is 10.9. The molecule has 0 radical (unpaired) electrons. The summed E-state index contributed by atoms with van der Waals surface area (Å²) in [5.41, 5.74) is 6.45. The van der Waals surface area contributed by atoms with Gasteiger partial charge in [0.05, 0.1) is 22.7 Å². The zero-order valence-electron chi connectivity index (χ0n) is 23.3. The fourth-order valence-corrected chi connectivity index (χ4v) is 7.14. The van der Waals surface area contributed by atoms with Gasteiger partial charge >= 0.3 is 0 Å². The number of para-hydroxylation sites is 1. The van der Waals surface area contributed by atoms with E-state index in [1.165, 1.54) is 64.9 Å². The molecule has 0 unspecified atom stereocenters. The quantitative estimate of drug-likeness (QED) is 0.199. The van der Waals surface area contributed by atoms with E-state index >= 15 is 0 Å². The van der Waals surface area contributed by atoms with Crippen LogP contribution in [0.5, 0.6) is 0 Å². The van der Waals surface area contributed by atoms with Crippen LogP contribution in [0.1, 0.15) is 5.56 Å². The van der Waals surface area contributed by atoms with Gasteiger partial charge in [0, 0.05) is 27.2 Å². The monoisotopic (exact) mass is 544 g/mol. The van der Waals surface area contributed by atoms with Crippen LogP contribution in [0.15, 0.2) is 146 Å². The van der Waals surface area contributed by atoms with Gasteiger partial charge in [-0.1, -0.05) is 115 Å². The van der Waals surface area contributed by atoms with Crippen molar-refractivity contribution in [1.29, 1.82) is 5.26 Å². The van der Waals surface area contributed by atoms with E-state index in [1.54, 1.807) is 0 Å². The van der Waals surface area contributed by atoms with Crippen LogP contribution in [0.2, 0.25) is 0 Å². The third-order valence-corrected chi connectivity index (χ3v) is 8.98. The van der Waals surface area contributed by atoms with Crippen molar-refractivity contribution in [3.8, 4) is 22.9 Å². The Hall–Kier alpha value is -5.91. The van der Waals surface area contributed by atoms with Crippen molar-refractivity contribution in [3.63, 3.8) is 0 Å². The molecule has 0 saturated carbocycles. The maximum atomic E-state index is 9.21. The molecule has 2 heteroatoms. The number of nitrogens with zero attached hydrogens (tertiary/aromatic N) is 2. The minimum atomic E-state index is 0.671. The van der Waals surface area contributed by atoms with Crippen molar-refractivity contribution in [3.05, 3.63) is 151 Å². The van der Waals surface area contributed by atoms with Gasteiger partial charge in [-0.05, 0) is 73.8 Å². The van der Waals surface area contributed by atoms with E-state index in [0.717, 1.165) is 16.8 Å². The lowest BCUT2D eigenvalue weighted by molar-refractivity contribution is 1.19. The highest BCUT2D eigenvalue weighted by Gasteiger charge is 2.21. The molecule has 0 fully saturated rings. The molecular weight excluding hydrogens is 520 g/mol. The van der Waals surface area contributed by atoms with E-state index in [9.17, 15) is 5.26 Å². The van der Waals surface area contributed by atoms with Crippen LogP contribution in [-0.4, -0.2) is 4.57 Å². The summed E-state index contributed by atoms with van der Waals surface area (Å²) in [6, 6.07) is 54.2. The summed E-state index contributed by atoms with van der Waals surface area (Å²) in [6.45, 7) is 0. The summed E-state index contributed by atoms with van der Waals surface area (Å²) in [5.74, 6) is 0. The summed E-state index contributed by atoms with van der Waals surface area (Å²) >= 11 is 0. The van der Waals surface area contributed by atoms with Gasteiger partial charge in [0.25, 0.3) is 0 Å². The van der Waals surface area contributed by atoms with E-state index in [2.05, 4.69) is 132 Å². The summed E-state index contributed by atoms with van der Waals surface area (Å²) in [5, 5.41) is 22.1. The number of aromatic nitrogens is 1. The fourth-order valence-electron chi connectivity index (χ4n) is 7.14. The van der Waals surface area contributed by atoms with Crippen LogP contribution in [0.3, 0.4) is 0 Å². The molecule has 0 aliphatic heterocycles. The second-order valence-electron chi connectivity index (χ2n) is 11.2. The fraction of sp³-hybridized carbons (Fsp3) is 0. The molecule has 0 bridgehead atoms. The first kappa shape index (κ1) is 23.8. The minimum Gasteiger partial charge on any atom is -0.309 e. The Bertz CT molecular complexity index is 2600. The van der Waals surface area contributed by atoms with Gasteiger partial charge in [-0.2, -0.15) is 5.26 Å². The summed E-state index contributed by atoms with van der Waals surface area (Å²) in [4.78, 5) is 0. The molecule has 0 aliphatic carbocycles. The average Bonchev–Trinajstić information content (AvgIpc) is 3.43. The Labute approximate surface area is 248 Å². The molecule has 0 saturated heterocycles. The molecule has 2 nitrogen and oxygen atoms in total. The van der Waals surface area contributed by atoms with Gasteiger partial charge < -0.3 is 4.57 Å². The Morgan fingerprint density at radius 3 is 1.47 bits per heavy atom. The standard InChI is InChI=1S/C41H24N2/c42-25-26-17-19-27(20-18-26)28-21-23-29(24-22-28)43-37-16-8-7-15-36(37)40-39-33-12-4-2-10-31(33)30-9-1-3-11-32(30)38(39)34-13-5-6-14-35(34)41(40)43/h1-24H. The topological polar surface area (TPSA) is 28.7 Å². The predicted molar refractivity (Wildman–Crippen MR) is 181 cm³/mol. The maximum Gasteiger partial charge on any atom is 0.0991 e. The Kier molecular flexibility index (Phi) is 5.00. The lowest BCUT2D eigenvalue weighted by atomic mass is 9.88. The molecule has 1 aromatic heterocycles. The SMILES string of the molecule is N#Cc1ccc(-c2ccc(-n3c4ccccc4c4c5c6ccccc6c6ccccc6c5c5ccccc5c43)cc2)cc1. The van der Waals surface area contributed by atoms with Crippen LogP contribution in [0, 0.1) is 11.3 Å². The maximum absolute atomic E-state index is 9.21. The highest BCUT2D eigenvalue weighted by atomic mass is 15.0. The summed E-state index contributed by atoms with van der Waals surface area (Å²) < 4.78 is 2.44. The molecule has 8 aromatic carbocycles. The largest absolute Gasteiger partial charge is 0.309 e. The minimum absolute atomic E-state index is 0.671. The van der Waals surface area contributed by atoms with Crippen molar-refractivity contribution in [1.82, 2.24) is 4.57 Å². The van der Waals surface area contributed by atoms with Gasteiger partial charge in [0.1, 0.15) is 0 Å². The number of fused-ring (bicyclic) bond motifs is 13. The molecule has 0 N–H and O–H groups in total. The Morgan fingerprint density at radius 1 is 0.395 bits per heavy atom. The normalized spacial score (nSPS) is 11.7. The smallest absolute Gasteiger partial charge is 0.0991 e. The number of rotatable bonds is 2. The average molecular weight is 545 g/mol. The van der Waals surface area contributed by atoms with Crippen molar-refractivity contribution < 1.29 is 0 Å². The van der Waals surface area contributed by atoms with Gasteiger partial charge in [-0.3, -0.25) is 0 Å². The van der Waals surface area contributed by atoms with Crippen molar-refractivity contribution in [2.24, 2.45) is 0 Å². The first-order chi connectivity index (χ1) is 21.3. The third kappa shape index (κ3) is 3.34. The van der Waals surface area contributed by atoms with Crippen LogP contribution in [0.25, 0.3) is 81.7 Å². The van der Waals surface area contributed by atoms with E-state index in [-0.39, 0.29) is 0 Å². The first-order valence-corrected chi connectivity index (χ1v) is 14.6. The lowest BCUT2D eigenvalue weighted by Crippen LogP contribution is -1.95. The highest BCUT2D eigenvalue weighted by Crippen LogP contribution is 2.47. The van der Waals surface area contributed by atoms with E-state index < -0.39 is 0 Å². The van der Waals surface area contributed by atoms with Gasteiger partial charge in [-0.25, -0.2) is 0 Å². The van der Waals surface area contributed by atoms with Crippen LogP contribution in [0.4, 0.5) is 0 Å². The molecule has 9 rings (SSSR count). The van der Waals surface area contributed by atoms with Gasteiger partial charge in [0.15, 0.2) is 0 Å². The second kappa shape index (κ2) is 9.05. The number of nitriles is 1. The first-order valence-electron chi connectivity index (χ1n) is 14.6. The molecule has 9 aromatic rings. The Balaban J connectivity index is 1.46. The van der Waals surface area contributed by atoms with Crippen molar-refractivity contribution in [2.75, 3.05) is 0 Å². The van der Waals surface area contributed by atoms with Gasteiger partial charge in [0.2, 0.25) is 0 Å². The van der Waals surface area contributed by atoms with E-state index in [4.69, 9.17) is 0 Å². The molecule has 0 amide bonds. The van der Waals surface area contributed by atoms with Crippen molar-refractivity contribution in [2.45, 2.75) is 0 Å². The molecular formula is C41H24N2. The van der Waals surface area contributed by atoms with Gasteiger partial charge in [-0.15, -0.1) is 0 Å². The molecule has 0 aliphatic rings. The summed E-state index contributed by atoms with van der Waals surface area (Å²) in [6.07, 6.45) is 0. The zero-order chi connectivity index (χ0) is 28.5.